The van der Waals surface area contributed by atoms with Crippen LogP contribution < -0.4 is 0 Å². The number of nitrogens with zero attached hydrogens (tertiary/aromatic N) is 1. The zero-order chi connectivity index (χ0) is 20.0. The molecule has 0 heterocycles. The van der Waals surface area contributed by atoms with Gasteiger partial charge in [0.2, 0.25) is 0 Å². The van der Waals surface area contributed by atoms with E-state index in [4.69, 9.17) is 0 Å². The smallest absolute Gasteiger partial charge is 0.302 e. The van der Waals surface area contributed by atoms with Gasteiger partial charge in [0.1, 0.15) is 0 Å². The molecule has 0 N–H and O–H groups in total. The van der Waals surface area contributed by atoms with Crippen molar-refractivity contribution in [3.05, 3.63) is 36.7 Å². The van der Waals surface area contributed by atoms with Gasteiger partial charge in [-0.05, 0) is 60.8 Å². The average Bonchev–Trinajstić information content (AvgIpc) is 2.23. The largest absolute Gasteiger partial charge is 0.463 e. The van der Waals surface area contributed by atoms with Gasteiger partial charge in [-0.15, -0.1) is 6.58 Å². The molecule has 0 bridgehead atoms. The first-order valence-electron chi connectivity index (χ1n) is 8.64. The molecule has 0 aromatic carbocycles. The van der Waals surface area contributed by atoms with Crippen LogP contribution in [0.25, 0.3) is 0 Å². The van der Waals surface area contributed by atoms with E-state index in [-0.39, 0.29) is 19.5 Å². The highest BCUT2D eigenvalue weighted by atomic mass is 16.5. The van der Waals surface area contributed by atoms with Crippen LogP contribution >= 0.6 is 0 Å². The van der Waals surface area contributed by atoms with Crippen LogP contribution in [0.4, 0.5) is 0 Å². The second kappa shape index (κ2) is 17.3. The Labute approximate surface area is 158 Å². The van der Waals surface area contributed by atoms with Crippen LogP contribution in [0.2, 0.25) is 0 Å². The number of hydrogen-bond acceptors (Lipinski definition) is 3. The summed E-state index contributed by atoms with van der Waals surface area (Å²) in [5.41, 5.74) is 3.40. The van der Waals surface area contributed by atoms with Crippen molar-refractivity contribution < 1.29 is 9.53 Å². The van der Waals surface area contributed by atoms with Gasteiger partial charge in [0.15, 0.2) is 0 Å². The Morgan fingerprint density at radius 1 is 0.880 bits per heavy atom. The lowest BCUT2D eigenvalue weighted by molar-refractivity contribution is -0.144. The molecule has 0 spiro atoms. The highest BCUT2D eigenvalue weighted by Gasteiger charge is 2.07. The molecule has 0 unspecified atom stereocenters. The molecule has 0 radical (unpaired) electrons. The molecular formula is C22H45NO2. The first-order valence-corrected chi connectivity index (χ1v) is 8.64. The standard InChI is InChI=1S/C9H17N.C7H14.C5H10O2.CH4/c1-7(2)10(8(3)4)9(5)6;1-6(2)5-7(3)4;1-4(2)7-5(3)6;/h9H,1,3H2,2,4-6H3;7H,1,5H2,2-4H3;4H,1-3H3;1H4. The maximum atomic E-state index is 10.0. The van der Waals surface area contributed by atoms with Crippen LogP contribution in [-0.4, -0.2) is 23.0 Å². The van der Waals surface area contributed by atoms with Gasteiger partial charge in [-0.1, -0.05) is 40.0 Å². The second-order valence-electron chi connectivity index (χ2n) is 7.15. The zero-order valence-electron chi connectivity index (χ0n) is 17.8. The number of ether oxygens (including phenoxy) is 1. The second-order valence-corrected chi connectivity index (χ2v) is 7.15. The molecule has 0 aliphatic rings. The van der Waals surface area contributed by atoms with Gasteiger partial charge >= 0.3 is 5.97 Å². The molecule has 0 saturated heterocycles. The minimum absolute atomic E-state index is 0. The van der Waals surface area contributed by atoms with Crippen molar-refractivity contribution in [2.24, 2.45) is 5.92 Å². The molecule has 25 heavy (non-hydrogen) atoms. The van der Waals surface area contributed by atoms with Crippen molar-refractivity contribution in [2.75, 3.05) is 0 Å². The molecule has 0 atom stereocenters. The van der Waals surface area contributed by atoms with Crippen molar-refractivity contribution in [2.45, 2.75) is 95.2 Å². The van der Waals surface area contributed by atoms with Crippen LogP contribution in [-0.2, 0) is 9.53 Å². The normalized spacial score (nSPS) is 9.16. The SMILES string of the molecule is C.C=C(C)CC(C)C.C=C(C)N(C(=C)C)C(C)C.CC(=O)OC(C)C. The molecule has 0 aliphatic heterocycles. The number of esters is 1. The van der Waals surface area contributed by atoms with Gasteiger partial charge in [0.05, 0.1) is 6.10 Å². The zero-order valence-corrected chi connectivity index (χ0v) is 17.8. The van der Waals surface area contributed by atoms with Crippen LogP contribution in [0.3, 0.4) is 0 Å². The first kappa shape index (κ1) is 31.3. The van der Waals surface area contributed by atoms with E-state index in [1.807, 2.05) is 27.7 Å². The molecule has 0 rings (SSSR count). The van der Waals surface area contributed by atoms with E-state index in [9.17, 15) is 4.79 Å². The third kappa shape index (κ3) is 27.6. The highest BCUT2D eigenvalue weighted by molar-refractivity contribution is 5.66. The van der Waals surface area contributed by atoms with Gasteiger partial charge in [-0.3, -0.25) is 4.79 Å². The van der Waals surface area contributed by atoms with E-state index < -0.39 is 0 Å². The minimum Gasteiger partial charge on any atom is -0.463 e. The maximum Gasteiger partial charge on any atom is 0.302 e. The van der Waals surface area contributed by atoms with Gasteiger partial charge in [-0.2, -0.15) is 0 Å². The predicted molar refractivity (Wildman–Crippen MR) is 115 cm³/mol. The Bertz CT molecular complexity index is 359. The van der Waals surface area contributed by atoms with Crippen LogP contribution in [0.1, 0.15) is 83.1 Å². The summed E-state index contributed by atoms with van der Waals surface area (Å²) in [6, 6.07) is 0.468. The Morgan fingerprint density at radius 2 is 1.24 bits per heavy atom. The van der Waals surface area contributed by atoms with Crippen molar-refractivity contribution in [1.82, 2.24) is 4.90 Å². The summed E-state index contributed by atoms with van der Waals surface area (Å²) in [4.78, 5) is 12.1. The van der Waals surface area contributed by atoms with Crippen molar-refractivity contribution in [1.29, 1.82) is 0 Å². The number of hydrogen-bond donors (Lipinski definition) is 0. The van der Waals surface area contributed by atoms with Crippen molar-refractivity contribution in [3.8, 4) is 0 Å². The quantitative estimate of drug-likeness (QED) is 0.381. The van der Waals surface area contributed by atoms with Crippen molar-refractivity contribution in [3.63, 3.8) is 0 Å². The van der Waals surface area contributed by atoms with E-state index in [0.29, 0.717) is 6.04 Å². The summed E-state index contributed by atoms with van der Waals surface area (Å²) in [6.07, 6.45) is 1.19. The Kier molecular flexibility index (Phi) is 21.7. The molecule has 0 aromatic rings. The molecule has 0 saturated carbocycles. The number of carbonyl (C=O) groups excluding carboxylic acids is 1. The van der Waals surface area contributed by atoms with Crippen LogP contribution in [0.15, 0.2) is 36.7 Å². The van der Waals surface area contributed by atoms with Gasteiger partial charge in [-0.25, -0.2) is 0 Å². The van der Waals surface area contributed by atoms with Crippen LogP contribution in [0, 0.1) is 5.92 Å². The van der Waals surface area contributed by atoms with Crippen LogP contribution in [0.5, 0.6) is 0 Å². The van der Waals surface area contributed by atoms with Gasteiger partial charge in [0.25, 0.3) is 0 Å². The summed E-state index contributed by atoms with van der Waals surface area (Å²) in [5, 5.41) is 0. The predicted octanol–water partition coefficient (Wildman–Crippen LogP) is 6.97. The Hall–Kier alpha value is -1.51. The summed E-state index contributed by atoms with van der Waals surface area (Å²) in [6.45, 7) is 31.3. The van der Waals surface area contributed by atoms with E-state index in [1.165, 1.54) is 18.9 Å². The summed E-state index contributed by atoms with van der Waals surface area (Å²) >= 11 is 0. The lowest BCUT2D eigenvalue weighted by atomic mass is 10.1. The molecule has 3 heteroatoms. The molecule has 0 fully saturated rings. The fourth-order valence-corrected chi connectivity index (χ4v) is 2.24. The Morgan fingerprint density at radius 3 is 1.24 bits per heavy atom. The highest BCUT2D eigenvalue weighted by Crippen LogP contribution is 2.12. The third-order valence-corrected chi connectivity index (χ3v) is 2.50. The minimum atomic E-state index is -0.213. The third-order valence-electron chi connectivity index (χ3n) is 2.50. The lowest BCUT2D eigenvalue weighted by Gasteiger charge is -2.28. The molecule has 150 valence electrons. The van der Waals surface area contributed by atoms with E-state index in [2.05, 4.69) is 64.0 Å². The van der Waals surface area contributed by atoms with Gasteiger partial charge in [0, 0.05) is 24.4 Å². The topological polar surface area (TPSA) is 29.5 Å². The lowest BCUT2D eigenvalue weighted by Crippen LogP contribution is -2.26. The summed E-state index contributed by atoms with van der Waals surface area (Å²) in [5.74, 6) is 0.563. The number of rotatable bonds is 6. The molecular weight excluding hydrogens is 310 g/mol. The van der Waals surface area contributed by atoms with E-state index >= 15 is 0 Å². The summed E-state index contributed by atoms with van der Waals surface area (Å²) in [7, 11) is 0. The molecule has 0 amide bonds. The average molecular weight is 356 g/mol. The molecule has 0 aromatic heterocycles. The van der Waals surface area contributed by atoms with E-state index in [1.54, 1.807) is 0 Å². The van der Waals surface area contributed by atoms with Gasteiger partial charge < -0.3 is 9.64 Å². The maximum absolute atomic E-state index is 10.0. The Balaban J connectivity index is -0.000000133. The fraction of sp³-hybridized carbons (Fsp3) is 0.682. The van der Waals surface area contributed by atoms with E-state index in [0.717, 1.165) is 17.3 Å². The monoisotopic (exact) mass is 355 g/mol. The number of carbonyl (C=O) groups is 1. The summed E-state index contributed by atoms with van der Waals surface area (Å²) < 4.78 is 4.61. The first-order chi connectivity index (χ1) is 10.7. The number of allylic oxidation sites excluding steroid dienone is 3. The fourth-order valence-electron chi connectivity index (χ4n) is 2.24. The molecule has 3 nitrogen and oxygen atoms in total. The molecule has 0 aliphatic carbocycles. The van der Waals surface area contributed by atoms with Crippen molar-refractivity contribution >= 4 is 5.97 Å².